The van der Waals surface area contributed by atoms with E-state index in [9.17, 15) is 0 Å². The smallest absolute Gasteiger partial charge is 0.0374 e. The highest BCUT2D eigenvalue weighted by Crippen LogP contribution is 2.16. The Bertz CT molecular complexity index is 247. The zero-order valence-electron chi connectivity index (χ0n) is 7.62. The van der Waals surface area contributed by atoms with E-state index in [2.05, 4.69) is 43.6 Å². The second-order valence-electron chi connectivity index (χ2n) is 2.94. The molecule has 0 heterocycles. The molecule has 0 unspecified atom stereocenters. The van der Waals surface area contributed by atoms with Gasteiger partial charge in [0.2, 0.25) is 0 Å². The monoisotopic (exact) mass is 181 g/mol. The van der Waals surface area contributed by atoms with Gasteiger partial charge < -0.3 is 4.90 Å². The third-order valence-corrected chi connectivity index (χ3v) is 2.11. The number of hydrogen-bond donors (Lipinski definition) is 1. The molecule has 0 saturated carbocycles. The molecule has 0 aliphatic heterocycles. The lowest BCUT2D eigenvalue weighted by Crippen LogP contribution is -2.17. The topological polar surface area (TPSA) is 3.24 Å². The van der Waals surface area contributed by atoms with E-state index in [0.29, 0.717) is 0 Å². The predicted molar refractivity (Wildman–Crippen MR) is 57.3 cm³/mol. The van der Waals surface area contributed by atoms with Gasteiger partial charge in [0, 0.05) is 24.2 Å². The minimum Gasteiger partial charge on any atom is -0.375 e. The number of anilines is 1. The minimum atomic E-state index is 1.02. The van der Waals surface area contributed by atoms with Crippen LogP contribution < -0.4 is 4.90 Å². The van der Waals surface area contributed by atoms with Crippen molar-refractivity contribution in [3.8, 4) is 0 Å². The highest BCUT2D eigenvalue weighted by molar-refractivity contribution is 7.80. The lowest BCUT2D eigenvalue weighted by atomic mass is 10.3. The molecule has 0 saturated heterocycles. The van der Waals surface area contributed by atoms with E-state index in [-0.39, 0.29) is 0 Å². The molecule has 0 aromatic heterocycles. The van der Waals surface area contributed by atoms with Crippen LogP contribution in [0.1, 0.15) is 13.3 Å². The Morgan fingerprint density at radius 2 is 2.17 bits per heavy atom. The minimum absolute atomic E-state index is 1.02. The molecule has 2 heteroatoms. The van der Waals surface area contributed by atoms with Crippen molar-refractivity contribution in [2.45, 2.75) is 18.2 Å². The highest BCUT2D eigenvalue weighted by Gasteiger charge is 1.97. The van der Waals surface area contributed by atoms with Crippen molar-refractivity contribution in [2.75, 3.05) is 18.5 Å². The summed E-state index contributed by atoms with van der Waals surface area (Å²) in [4.78, 5) is 3.26. The molecule has 1 aromatic carbocycles. The molecule has 1 aromatic rings. The Kier molecular flexibility index (Phi) is 3.48. The Labute approximate surface area is 79.8 Å². The predicted octanol–water partition coefficient (Wildman–Crippen LogP) is 2.82. The molecule has 0 amide bonds. The summed E-state index contributed by atoms with van der Waals surface area (Å²) < 4.78 is 0. The fourth-order valence-electron chi connectivity index (χ4n) is 1.19. The number of rotatable bonds is 3. The first kappa shape index (κ1) is 9.46. The van der Waals surface area contributed by atoms with Crippen molar-refractivity contribution >= 4 is 18.3 Å². The fraction of sp³-hybridized carbons (Fsp3) is 0.400. The Morgan fingerprint density at radius 1 is 1.42 bits per heavy atom. The fourth-order valence-corrected chi connectivity index (χ4v) is 1.41. The van der Waals surface area contributed by atoms with Gasteiger partial charge in [-0.15, -0.1) is 12.6 Å². The van der Waals surface area contributed by atoms with Crippen LogP contribution in [0.15, 0.2) is 29.2 Å². The molecule has 0 N–H and O–H groups in total. The second kappa shape index (κ2) is 4.41. The molecule has 0 atom stereocenters. The third-order valence-electron chi connectivity index (χ3n) is 1.83. The normalized spacial score (nSPS) is 9.92. The molecule has 1 rings (SSSR count). The van der Waals surface area contributed by atoms with Crippen LogP contribution in [0, 0.1) is 0 Å². The molecule has 0 bridgehead atoms. The van der Waals surface area contributed by atoms with E-state index in [1.165, 1.54) is 12.1 Å². The molecule has 0 aliphatic carbocycles. The lowest BCUT2D eigenvalue weighted by Gasteiger charge is -2.18. The quantitative estimate of drug-likeness (QED) is 0.702. The molecule has 0 spiro atoms. The zero-order valence-corrected chi connectivity index (χ0v) is 8.51. The first-order chi connectivity index (χ1) is 5.74. The molecule has 1 nitrogen and oxygen atoms in total. The molecule has 0 aliphatic rings. The summed E-state index contributed by atoms with van der Waals surface area (Å²) in [7, 11) is 2.10. The Hall–Kier alpha value is -0.630. The van der Waals surface area contributed by atoms with Crippen LogP contribution in [0.25, 0.3) is 0 Å². The molecule has 12 heavy (non-hydrogen) atoms. The average molecular weight is 181 g/mol. The van der Waals surface area contributed by atoms with E-state index in [0.717, 1.165) is 11.4 Å². The summed E-state index contributed by atoms with van der Waals surface area (Å²) >= 11 is 4.29. The largest absolute Gasteiger partial charge is 0.375 e. The van der Waals surface area contributed by atoms with E-state index in [1.807, 2.05) is 12.1 Å². The van der Waals surface area contributed by atoms with Crippen molar-refractivity contribution in [1.82, 2.24) is 0 Å². The molecule has 0 fully saturated rings. The summed E-state index contributed by atoms with van der Waals surface area (Å²) in [5.41, 5.74) is 1.24. The van der Waals surface area contributed by atoms with E-state index in [1.54, 1.807) is 0 Å². The van der Waals surface area contributed by atoms with Gasteiger partial charge in [-0.25, -0.2) is 0 Å². The van der Waals surface area contributed by atoms with Crippen LogP contribution in [0.4, 0.5) is 5.69 Å². The number of nitrogens with zero attached hydrogens (tertiary/aromatic N) is 1. The number of thiol groups is 1. The lowest BCUT2D eigenvalue weighted by molar-refractivity contribution is 0.851. The van der Waals surface area contributed by atoms with Gasteiger partial charge in [-0.2, -0.15) is 0 Å². The molecular weight excluding hydrogens is 166 g/mol. The van der Waals surface area contributed by atoms with Gasteiger partial charge in [-0.3, -0.25) is 0 Å². The highest BCUT2D eigenvalue weighted by atomic mass is 32.1. The van der Waals surface area contributed by atoms with Crippen LogP contribution in [-0.2, 0) is 0 Å². The van der Waals surface area contributed by atoms with Crippen LogP contribution >= 0.6 is 12.6 Å². The van der Waals surface area contributed by atoms with Crippen molar-refractivity contribution in [3.05, 3.63) is 24.3 Å². The van der Waals surface area contributed by atoms with Gasteiger partial charge >= 0.3 is 0 Å². The van der Waals surface area contributed by atoms with Crippen molar-refractivity contribution in [1.29, 1.82) is 0 Å². The Morgan fingerprint density at radius 3 is 2.75 bits per heavy atom. The first-order valence-electron chi connectivity index (χ1n) is 4.24. The summed E-state index contributed by atoms with van der Waals surface area (Å²) in [6, 6.07) is 8.21. The van der Waals surface area contributed by atoms with E-state index >= 15 is 0 Å². The van der Waals surface area contributed by atoms with Crippen LogP contribution in [0.5, 0.6) is 0 Å². The zero-order chi connectivity index (χ0) is 8.97. The third kappa shape index (κ3) is 2.45. The van der Waals surface area contributed by atoms with Gasteiger partial charge in [0.05, 0.1) is 0 Å². The maximum absolute atomic E-state index is 4.29. The first-order valence-corrected chi connectivity index (χ1v) is 4.69. The van der Waals surface area contributed by atoms with Crippen molar-refractivity contribution in [3.63, 3.8) is 0 Å². The number of hydrogen-bond acceptors (Lipinski definition) is 2. The van der Waals surface area contributed by atoms with E-state index < -0.39 is 0 Å². The van der Waals surface area contributed by atoms with Gasteiger partial charge in [0.1, 0.15) is 0 Å². The SMILES string of the molecule is CCCN(C)c1cccc(S)c1. The second-order valence-corrected chi connectivity index (χ2v) is 3.46. The number of benzene rings is 1. The summed E-state index contributed by atoms with van der Waals surface area (Å²) in [5.74, 6) is 0. The van der Waals surface area contributed by atoms with Crippen LogP contribution in [0.2, 0.25) is 0 Å². The van der Waals surface area contributed by atoms with Crippen LogP contribution in [0.3, 0.4) is 0 Å². The maximum atomic E-state index is 4.29. The average Bonchev–Trinajstić information content (AvgIpc) is 2.05. The van der Waals surface area contributed by atoms with Gasteiger partial charge in [-0.1, -0.05) is 13.0 Å². The van der Waals surface area contributed by atoms with Crippen molar-refractivity contribution in [2.24, 2.45) is 0 Å². The Balaban J connectivity index is 2.73. The van der Waals surface area contributed by atoms with E-state index in [4.69, 9.17) is 0 Å². The summed E-state index contributed by atoms with van der Waals surface area (Å²) in [5, 5.41) is 0. The van der Waals surface area contributed by atoms with Crippen LogP contribution in [-0.4, -0.2) is 13.6 Å². The molecular formula is C10H15NS. The summed E-state index contributed by atoms with van der Waals surface area (Å²) in [6.07, 6.45) is 1.17. The molecule has 66 valence electrons. The maximum Gasteiger partial charge on any atom is 0.0374 e. The van der Waals surface area contributed by atoms with Gasteiger partial charge in [-0.05, 0) is 24.6 Å². The van der Waals surface area contributed by atoms with Gasteiger partial charge in [0.25, 0.3) is 0 Å². The van der Waals surface area contributed by atoms with Crippen molar-refractivity contribution < 1.29 is 0 Å². The summed E-state index contributed by atoms with van der Waals surface area (Å²) in [6.45, 7) is 3.28. The standard InChI is InChI=1S/C10H15NS/c1-3-7-11(2)9-5-4-6-10(12)8-9/h4-6,8,12H,3,7H2,1-2H3. The molecule has 0 radical (unpaired) electrons. The van der Waals surface area contributed by atoms with Gasteiger partial charge in [0.15, 0.2) is 0 Å².